The van der Waals surface area contributed by atoms with E-state index in [1.807, 2.05) is 0 Å². The molecule has 4 atom stereocenters. The molecule has 0 radical (unpaired) electrons. The molecule has 5 saturated carbocycles. The monoisotopic (exact) mass is 394 g/mol. The summed E-state index contributed by atoms with van der Waals surface area (Å²) in [4.78, 5) is 13.8. The van der Waals surface area contributed by atoms with Crippen LogP contribution in [0.25, 0.3) is 0 Å². The lowest BCUT2D eigenvalue weighted by Gasteiger charge is -2.66. The molecule has 29 heavy (non-hydrogen) atoms. The van der Waals surface area contributed by atoms with Crippen molar-refractivity contribution in [1.82, 2.24) is 5.32 Å². The summed E-state index contributed by atoms with van der Waals surface area (Å²) in [5.41, 5.74) is 8.02. The van der Waals surface area contributed by atoms with Crippen molar-refractivity contribution in [2.75, 3.05) is 0 Å². The van der Waals surface area contributed by atoms with E-state index in [2.05, 4.69) is 42.6 Å². The molecule has 4 bridgehead atoms. The molecule has 0 aromatic heterocycles. The second kappa shape index (κ2) is 7.11. The molecule has 6 rings (SSSR count). The zero-order chi connectivity index (χ0) is 20.1. The van der Waals surface area contributed by atoms with Gasteiger partial charge in [0.2, 0.25) is 5.91 Å². The maximum absolute atomic E-state index is 13.8. The van der Waals surface area contributed by atoms with E-state index < -0.39 is 0 Å². The summed E-state index contributed by atoms with van der Waals surface area (Å²) in [7, 11) is 0. The molecular weight excluding hydrogens is 356 g/mol. The van der Waals surface area contributed by atoms with E-state index in [1.54, 1.807) is 0 Å². The minimum Gasteiger partial charge on any atom is -0.353 e. The fourth-order valence-electron chi connectivity index (χ4n) is 8.42. The molecule has 5 aliphatic rings. The van der Waals surface area contributed by atoms with Gasteiger partial charge in [-0.1, -0.05) is 43.7 Å². The van der Waals surface area contributed by atoms with Gasteiger partial charge in [0.1, 0.15) is 0 Å². The van der Waals surface area contributed by atoms with Gasteiger partial charge in [-0.3, -0.25) is 4.79 Å². The summed E-state index contributed by atoms with van der Waals surface area (Å²) in [5, 5.41) is 3.53. The van der Waals surface area contributed by atoms with E-state index in [9.17, 15) is 4.79 Å². The van der Waals surface area contributed by atoms with Gasteiger partial charge >= 0.3 is 0 Å². The van der Waals surface area contributed by atoms with Gasteiger partial charge in [-0.2, -0.15) is 0 Å². The van der Waals surface area contributed by atoms with Crippen molar-refractivity contribution in [3.63, 3.8) is 0 Å². The molecule has 158 valence electrons. The van der Waals surface area contributed by atoms with Gasteiger partial charge in [-0.05, 0) is 92.9 Å². The molecule has 0 spiro atoms. The van der Waals surface area contributed by atoms with Crippen LogP contribution in [0.5, 0.6) is 0 Å². The predicted molar refractivity (Wildman–Crippen MR) is 117 cm³/mol. The van der Waals surface area contributed by atoms with Gasteiger partial charge in [0.05, 0.1) is 5.41 Å². The average Bonchev–Trinajstić information content (AvgIpc) is 2.69. The molecule has 5 fully saturated rings. The lowest BCUT2D eigenvalue weighted by atomic mass is 9.37. The molecule has 0 heterocycles. The number of amides is 1. The summed E-state index contributed by atoms with van der Waals surface area (Å²) >= 11 is 0. The first-order valence-electron chi connectivity index (χ1n) is 12.1. The minimum atomic E-state index is -0.149. The van der Waals surface area contributed by atoms with E-state index in [4.69, 9.17) is 5.73 Å². The van der Waals surface area contributed by atoms with Crippen LogP contribution in [-0.4, -0.2) is 18.0 Å². The number of benzene rings is 1. The van der Waals surface area contributed by atoms with Crippen molar-refractivity contribution >= 4 is 5.91 Å². The molecule has 3 N–H and O–H groups in total. The van der Waals surface area contributed by atoms with E-state index in [0.29, 0.717) is 29.3 Å². The van der Waals surface area contributed by atoms with E-state index in [-0.39, 0.29) is 10.8 Å². The molecule has 0 aliphatic heterocycles. The predicted octanol–water partition coefficient (Wildman–Crippen LogP) is 5.08. The van der Waals surface area contributed by atoms with Gasteiger partial charge in [0, 0.05) is 12.1 Å². The molecule has 1 aromatic carbocycles. The Kier molecular flexibility index (Phi) is 4.81. The van der Waals surface area contributed by atoms with Crippen LogP contribution < -0.4 is 11.1 Å². The van der Waals surface area contributed by atoms with Crippen LogP contribution in [0.2, 0.25) is 0 Å². The van der Waals surface area contributed by atoms with Gasteiger partial charge in [0.15, 0.2) is 0 Å². The zero-order valence-corrected chi connectivity index (χ0v) is 18.1. The highest BCUT2D eigenvalue weighted by molar-refractivity contribution is 5.84. The maximum Gasteiger partial charge on any atom is 0.226 e. The van der Waals surface area contributed by atoms with Crippen LogP contribution in [0, 0.1) is 16.7 Å². The molecule has 0 saturated heterocycles. The molecule has 3 heteroatoms. The summed E-state index contributed by atoms with van der Waals surface area (Å²) in [6, 6.07) is 11.8. The third-order valence-corrected chi connectivity index (χ3v) is 8.94. The molecule has 2 unspecified atom stereocenters. The number of nitrogens with one attached hydrogen (secondary N) is 1. The van der Waals surface area contributed by atoms with Crippen LogP contribution in [0.15, 0.2) is 30.3 Å². The summed E-state index contributed by atoms with van der Waals surface area (Å²) in [6.07, 6.45) is 13.9. The fraction of sp³-hybridized carbons (Fsp3) is 0.731. The largest absolute Gasteiger partial charge is 0.353 e. The molecule has 5 aliphatic carbocycles. The Hall–Kier alpha value is -1.35. The number of hydrogen-bond donors (Lipinski definition) is 2. The number of carbonyl (C=O) groups excluding carboxylic acids is 1. The SMILES string of the molecule is CCC[C@]12CC3CC(C(=O)N[C@H]4CC[C@H](N)CC4)(C1)C[C@@](c1ccccc1)(C3)C2. The van der Waals surface area contributed by atoms with Crippen LogP contribution in [0.4, 0.5) is 0 Å². The van der Waals surface area contributed by atoms with Gasteiger partial charge in [-0.25, -0.2) is 0 Å². The Morgan fingerprint density at radius 3 is 2.52 bits per heavy atom. The Morgan fingerprint density at radius 2 is 1.79 bits per heavy atom. The normalized spacial score (nSPS) is 43.3. The quantitative estimate of drug-likeness (QED) is 0.731. The lowest BCUT2D eigenvalue weighted by Crippen LogP contribution is -2.63. The highest BCUT2D eigenvalue weighted by atomic mass is 16.2. The van der Waals surface area contributed by atoms with Gasteiger partial charge in [0.25, 0.3) is 0 Å². The van der Waals surface area contributed by atoms with Crippen molar-refractivity contribution in [3.05, 3.63) is 35.9 Å². The summed E-state index contributed by atoms with van der Waals surface area (Å²) in [6.45, 7) is 2.33. The number of hydrogen-bond acceptors (Lipinski definition) is 2. The first-order chi connectivity index (χ1) is 14.0. The average molecular weight is 395 g/mol. The van der Waals surface area contributed by atoms with Crippen molar-refractivity contribution in [3.8, 4) is 0 Å². The first-order valence-corrected chi connectivity index (χ1v) is 12.1. The summed E-state index contributed by atoms with van der Waals surface area (Å²) < 4.78 is 0. The topological polar surface area (TPSA) is 55.1 Å². The molecule has 3 nitrogen and oxygen atoms in total. The Labute approximate surface area is 176 Å². The lowest BCUT2D eigenvalue weighted by molar-refractivity contribution is -0.164. The molecule has 1 aromatic rings. The van der Waals surface area contributed by atoms with Crippen molar-refractivity contribution < 1.29 is 4.79 Å². The van der Waals surface area contributed by atoms with Crippen molar-refractivity contribution in [2.45, 2.75) is 101 Å². The Bertz CT molecular complexity index is 755. The second-order valence-corrected chi connectivity index (χ2v) is 11.3. The Balaban J connectivity index is 1.46. The Morgan fingerprint density at radius 1 is 1.03 bits per heavy atom. The third kappa shape index (κ3) is 3.34. The van der Waals surface area contributed by atoms with Crippen molar-refractivity contribution in [2.24, 2.45) is 22.5 Å². The minimum absolute atomic E-state index is 0.149. The van der Waals surface area contributed by atoms with E-state index in [0.717, 1.165) is 44.9 Å². The number of rotatable bonds is 5. The fourth-order valence-corrected chi connectivity index (χ4v) is 8.42. The third-order valence-electron chi connectivity index (χ3n) is 8.94. The van der Waals surface area contributed by atoms with Gasteiger partial charge < -0.3 is 11.1 Å². The number of nitrogens with two attached hydrogens (primary N) is 1. The van der Waals surface area contributed by atoms with Crippen LogP contribution >= 0.6 is 0 Å². The van der Waals surface area contributed by atoms with Crippen molar-refractivity contribution in [1.29, 1.82) is 0 Å². The van der Waals surface area contributed by atoms with Gasteiger partial charge in [-0.15, -0.1) is 0 Å². The highest BCUT2D eigenvalue weighted by Crippen LogP contribution is 2.71. The smallest absolute Gasteiger partial charge is 0.226 e. The first kappa shape index (κ1) is 19.6. The van der Waals surface area contributed by atoms with Crippen LogP contribution in [0.3, 0.4) is 0 Å². The van der Waals surface area contributed by atoms with Crippen LogP contribution in [0.1, 0.15) is 89.5 Å². The molecule has 1 amide bonds. The zero-order valence-electron chi connectivity index (χ0n) is 18.1. The summed E-state index contributed by atoms with van der Waals surface area (Å²) in [5.74, 6) is 1.09. The molecular formula is C26H38N2O. The second-order valence-electron chi connectivity index (χ2n) is 11.3. The number of carbonyl (C=O) groups is 1. The standard InChI is InChI=1S/C26H38N2O/c1-2-12-24-13-19-14-25(16-24,20-6-4-3-5-7-20)18-26(15-19,17-24)23(29)28-22-10-8-21(27)9-11-22/h3-7,19,21-22H,2,8-18,27H2,1H3,(H,28,29)/t19?,21-,22-,24-,25-,26?/m1/s1. The van der Waals surface area contributed by atoms with E-state index in [1.165, 1.54) is 37.7 Å². The van der Waals surface area contributed by atoms with E-state index >= 15 is 0 Å². The maximum atomic E-state index is 13.8. The van der Waals surface area contributed by atoms with Crippen LogP contribution in [-0.2, 0) is 10.2 Å². The highest BCUT2D eigenvalue weighted by Gasteiger charge is 2.65.